The molecule has 0 amide bonds. The Balaban J connectivity index is 2.05. The minimum atomic E-state index is -0.973. The third-order valence-electron chi connectivity index (χ3n) is 4.68. The van der Waals surface area contributed by atoms with Crippen LogP contribution in [-0.4, -0.2) is 27.3 Å². The summed E-state index contributed by atoms with van der Waals surface area (Å²) in [6, 6.07) is 11.5. The van der Waals surface area contributed by atoms with E-state index < -0.39 is 28.8 Å². The molecule has 3 rings (SSSR count). The van der Waals surface area contributed by atoms with Gasteiger partial charge in [-0.2, -0.15) is 15.0 Å². The number of unbranched alkanes of at least 4 members (excludes halogenated alkanes) is 1. The number of aromatic amines is 1. The van der Waals surface area contributed by atoms with Crippen molar-refractivity contribution in [2.24, 2.45) is 0 Å². The van der Waals surface area contributed by atoms with Crippen LogP contribution in [0.1, 0.15) is 47.3 Å². The lowest BCUT2D eigenvalue weighted by Crippen LogP contribution is -2.36. The highest BCUT2D eigenvalue weighted by Gasteiger charge is 2.23. The molecule has 1 aromatic heterocycles. The molecule has 0 spiro atoms. The summed E-state index contributed by atoms with van der Waals surface area (Å²) in [7, 11) is 0. The topological polar surface area (TPSA) is 118 Å². The molecule has 11 heteroatoms. The number of hydrogen-bond donors (Lipinski definition) is 1. The van der Waals surface area contributed by atoms with Crippen LogP contribution in [-0.2, 0) is 4.74 Å². The van der Waals surface area contributed by atoms with Crippen molar-refractivity contribution in [1.29, 1.82) is 5.26 Å². The molecular formula is C22H17Cl3N4O4. The van der Waals surface area contributed by atoms with Crippen molar-refractivity contribution in [3.05, 3.63) is 89.1 Å². The fourth-order valence-electron chi connectivity index (χ4n) is 3.02. The number of rotatable bonds is 7. The minimum absolute atomic E-state index is 0.0883. The van der Waals surface area contributed by atoms with Gasteiger partial charge in [-0.3, -0.25) is 9.78 Å². The minimum Gasteiger partial charge on any atom is -0.461 e. The van der Waals surface area contributed by atoms with E-state index in [1.807, 2.05) is 11.9 Å². The van der Waals surface area contributed by atoms with E-state index in [0.717, 1.165) is 11.1 Å². The Morgan fingerprint density at radius 2 is 1.82 bits per heavy atom. The van der Waals surface area contributed by atoms with Gasteiger partial charge in [-0.1, -0.05) is 60.3 Å². The monoisotopic (exact) mass is 506 g/mol. The molecule has 1 heterocycles. The molecule has 8 nitrogen and oxygen atoms in total. The maximum Gasteiger partial charge on any atom is 0.364 e. The molecule has 1 atom stereocenters. The summed E-state index contributed by atoms with van der Waals surface area (Å²) in [5, 5.41) is 14.3. The summed E-state index contributed by atoms with van der Waals surface area (Å²) in [5.74, 6) is -1.76. The van der Waals surface area contributed by atoms with E-state index in [2.05, 4.69) is 11.2 Å². The van der Waals surface area contributed by atoms with Crippen LogP contribution >= 0.6 is 34.8 Å². The largest absolute Gasteiger partial charge is 0.461 e. The van der Waals surface area contributed by atoms with Gasteiger partial charge in [0.15, 0.2) is 0 Å². The summed E-state index contributed by atoms with van der Waals surface area (Å²) >= 11 is 18.8. The fourth-order valence-corrected chi connectivity index (χ4v) is 3.84. The van der Waals surface area contributed by atoms with Gasteiger partial charge in [-0.15, -0.1) is 0 Å². The highest BCUT2D eigenvalue weighted by molar-refractivity contribution is 6.36. The molecule has 1 N–H and O–H groups in total. The number of carbonyl (C=O) groups is 1. The third kappa shape index (κ3) is 5.45. The molecule has 0 saturated carbocycles. The maximum atomic E-state index is 12.4. The number of halogens is 3. The van der Waals surface area contributed by atoms with Gasteiger partial charge >= 0.3 is 11.7 Å². The molecule has 2 aromatic carbocycles. The first kappa shape index (κ1) is 24.5. The number of nitrogens with one attached hydrogen (secondary N) is 1. The maximum absolute atomic E-state index is 12.4. The van der Waals surface area contributed by atoms with Crippen LogP contribution in [0.4, 0.5) is 0 Å². The lowest BCUT2D eigenvalue weighted by molar-refractivity contribution is 0.0487. The van der Waals surface area contributed by atoms with Crippen molar-refractivity contribution in [3.63, 3.8) is 0 Å². The van der Waals surface area contributed by atoms with Crippen molar-refractivity contribution in [2.75, 3.05) is 6.61 Å². The van der Waals surface area contributed by atoms with Crippen LogP contribution in [0.2, 0.25) is 15.1 Å². The van der Waals surface area contributed by atoms with Gasteiger partial charge in [0.2, 0.25) is 5.69 Å². The van der Waals surface area contributed by atoms with Crippen molar-refractivity contribution >= 4 is 40.8 Å². The number of aromatic nitrogens is 3. The number of esters is 1. The Labute approximate surface area is 203 Å². The normalized spacial score (nSPS) is 11.6. The summed E-state index contributed by atoms with van der Waals surface area (Å²) in [6.45, 7) is 2.03. The summed E-state index contributed by atoms with van der Waals surface area (Å²) in [4.78, 5) is 38.7. The quantitative estimate of drug-likeness (QED) is 0.372. The molecule has 0 aliphatic carbocycles. The van der Waals surface area contributed by atoms with Crippen LogP contribution < -0.4 is 11.2 Å². The van der Waals surface area contributed by atoms with Gasteiger partial charge in [-0.25, -0.2) is 9.59 Å². The van der Waals surface area contributed by atoms with Crippen molar-refractivity contribution in [2.45, 2.75) is 25.7 Å². The Kier molecular flexibility index (Phi) is 7.92. The Morgan fingerprint density at radius 3 is 2.39 bits per heavy atom. The number of nitrogens with zero attached hydrogens (tertiary/aromatic N) is 3. The number of benzene rings is 2. The smallest absolute Gasteiger partial charge is 0.364 e. The van der Waals surface area contributed by atoms with Crippen molar-refractivity contribution in [1.82, 2.24) is 14.8 Å². The fraction of sp³-hybridized carbons (Fsp3) is 0.227. The molecule has 0 bridgehead atoms. The van der Waals surface area contributed by atoms with Gasteiger partial charge in [-0.05, 0) is 36.2 Å². The van der Waals surface area contributed by atoms with Crippen LogP contribution in [0.3, 0.4) is 0 Å². The highest BCUT2D eigenvalue weighted by atomic mass is 35.5. The van der Waals surface area contributed by atoms with Crippen LogP contribution in [0.15, 0.2) is 46.0 Å². The second-order valence-corrected chi connectivity index (χ2v) is 8.20. The number of H-pyrrole nitrogens is 1. The lowest BCUT2D eigenvalue weighted by Gasteiger charge is -2.16. The summed E-state index contributed by atoms with van der Waals surface area (Å²) in [6.07, 6.45) is 1.41. The van der Waals surface area contributed by atoms with Gasteiger partial charge in [0.05, 0.1) is 24.3 Å². The molecule has 0 fully saturated rings. The first-order valence-electron chi connectivity index (χ1n) is 9.82. The summed E-state index contributed by atoms with van der Waals surface area (Å²) < 4.78 is 5.80. The van der Waals surface area contributed by atoms with Gasteiger partial charge in [0.1, 0.15) is 0 Å². The van der Waals surface area contributed by atoms with E-state index in [9.17, 15) is 19.6 Å². The Bertz CT molecular complexity index is 1320. The highest BCUT2D eigenvalue weighted by Crippen LogP contribution is 2.37. The van der Waals surface area contributed by atoms with E-state index >= 15 is 0 Å². The standard InChI is InChI=1S/C22H17Cl3N4O4/c1-2-3-8-33-21(31)19-20(30)27-22(32)29(28-19)14-9-16(24)18(17(25)10-14)15(11-26)12-4-6-13(23)7-5-12/h4-7,9-10,15H,2-3,8H2,1H3,(H,27,30,32)/t15-/m1/s1. The van der Waals surface area contributed by atoms with E-state index in [-0.39, 0.29) is 22.3 Å². The third-order valence-corrected chi connectivity index (χ3v) is 5.56. The first-order valence-corrected chi connectivity index (χ1v) is 10.9. The lowest BCUT2D eigenvalue weighted by atomic mass is 9.92. The molecule has 3 aromatic rings. The zero-order valence-electron chi connectivity index (χ0n) is 17.3. The van der Waals surface area contributed by atoms with E-state index in [1.165, 1.54) is 12.1 Å². The van der Waals surface area contributed by atoms with Gasteiger partial charge < -0.3 is 4.74 Å². The van der Waals surface area contributed by atoms with Crippen molar-refractivity contribution < 1.29 is 9.53 Å². The molecule has 33 heavy (non-hydrogen) atoms. The SMILES string of the molecule is CCCCOC(=O)c1nn(-c2cc(Cl)c([C@H](C#N)c3ccc(Cl)cc3)c(Cl)c2)c(=O)[nH]c1=O. The predicted molar refractivity (Wildman–Crippen MR) is 125 cm³/mol. The van der Waals surface area contributed by atoms with Gasteiger partial charge in [0.25, 0.3) is 5.56 Å². The predicted octanol–water partition coefficient (Wildman–Crippen LogP) is 4.49. The van der Waals surface area contributed by atoms with E-state index in [1.54, 1.807) is 24.3 Å². The second kappa shape index (κ2) is 10.7. The molecule has 0 aliphatic heterocycles. The van der Waals surface area contributed by atoms with E-state index in [4.69, 9.17) is 39.5 Å². The molecule has 0 aliphatic rings. The summed E-state index contributed by atoms with van der Waals surface area (Å²) in [5.41, 5.74) is -1.43. The second-order valence-electron chi connectivity index (χ2n) is 6.95. The molecule has 170 valence electrons. The van der Waals surface area contributed by atoms with Gasteiger partial charge in [0, 0.05) is 20.6 Å². The molecule has 0 saturated heterocycles. The van der Waals surface area contributed by atoms with Crippen LogP contribution in [0.25, 0.3) is 5.69 Å². The van der Waals surface area contributed by atoms with E-state index in [0.29, 0.717) is 22.6 Å². The van der Waals surface area contributed by atoms with Crippen molar-refractivity contribution in [3.8, 4) is 11.8 Å². The number of nitriles is 1. The van der Waals surface area contributed by atoms with Crippen LogP contribution in [0.5, 0.6) is 0 Å². The average molecular weight is 508 g/mol. The zero-order valence-corrected chi connectivity index (χ0v) is 19.5. The zero-order chi connectivity index (χ0) is 24.1. The Hall–Kier alpha value is -3.12. The molecular weight excluding hydrogens is 491 g/mol. The average Bonchev–Trinajstić information content (AvgIpc) is 2.77. The number of hydrogen-bond acceptors (Lipinski definition) is 6. The van der Waals surface area contributed by atoms with Crippen LogP contribution in [0, 0.1) is 11.3 Å². The molecule has 0 unspecified atom stereocenters. The first-order chi connectivity index (χ1) is 15.8. The number of ether oxygens (including phenoxy) is 1. The number of carbonyl (C=O) groups excluding carboxylic acids is 1. The molecule has 0 radical (unpaired) electrons. The Morgan fingerprint density at radius 1 is 1.18 bits per heavy atom.